The quantitative estimate of drug-likeness (QED) is 0.140. The number of alkyl halides is 1. The van der Waals surface area contributed by atoms with Gasteiger partial charge in [-0.05, 0) is 92.7 Å². The van der Waals surface area contributed by atoms with Crippen molar-refractivity contribution >= 4 is 31.9 Å². The Labute approximate surface area is 230 Å². The van der Waals surface area contributed by atoms with Gasteiger partial charge in [0.05, 0.1) is 12.8 Å². The summed E-state index contributed by atoms with van der Waals surface area (Å²) < 4.78 is 17.6. The van der Waals surface area contributed by atoms with Gasteiger partial charge in [0.2, 0.25) is 0 Å². The maximum absolute atomic E-state index is 12.6. The molecule has 0 N–H and O–H groups in total. The van der Waals surface area contributed by atoms with E-state index in [-0.39, 0.29) is 46.8 Å². The van der Waals surface area contributed by atoms with Crippen molar-refractivity contribution in [1.82, 2.24) is 0 Å². The molecule has 3 fully saturated rings. The first kappa shape index (κ1) is 29.1. The van der Waals surface area contributed by atoms with Crippen LogP contribution in [0.2, 0.25) is 18.1 Å². The fraction of sp³-hybridized carbons (Fsp3) is 0.867. The van der Waals surface area contributed by atoms with Gasteiger partial charge in [-0.25, -0.2) is 0 Å². The number of fused-ring (bicyclic) bond motifs is 5. The lowest BCUT2D eigenvalue weighted by atomic mass is 9.48. The van der Waals surface area contributed by atoms with Crippen LogP contribution >= 0.6 is 11.6 Å². The largest absolute Gasteiger partial charge is 0.462 e. The van der Waals surface area contributed by atoms with E-state index in [4.69, 9.17) is 25.5 Å². The molecule has 7 heteroatoms. The molecule has 210 valence electrons. The van der Waals surface area contributed by atoms with Gasteiger partial charge in [-0.1, -0.05) is 57.9 Å². The molecule has 0 aromatic heterocycles. The van der Waals surface area contributed by atoms with Gasteiger partial charge in [-0.3, -0.25) is 9.59 Å². The van der Waals surface area contributed by atoms with Crippen LogP contribution in [-0.4, -0.2) is 38.5 Å². The molecule has 0 aliphatic heterocycles. The monoisotopic (exact) mass is 552 g/mol. The van der Waals surface area contributed by atoms with Crippen LogP contribution in [0.25, 0.3) is 0 Å². The summed E-state index contributed by atoms with van der Waals surface area (Å²) in [4.78, 5) is 24.1. The molecule has 0 aromatic carbocycles. The van der Waals surface area contributed by atoms with Crippen LogP contribution in [0.3, 0.4) is 0 Å². The minimum Gasteiger partial charge on any atom is -0.462 e. The molecule has 1 unspecified atom stereocenters. The standard InChI is InChI=1S/C30H49ClO5Si/c1-28(2,3)37(6,7)36-21-14-16-29(4)20(18-21)8-9-22-23-10-11-25(30(23,5)17-15-24(22)29)35-27(33)13-12-26(32)34-19-31/h8,21-25H,9-19H2,1-7H3/t21-,22-,23-,24-,25?,29-,30-/m0/s1. The van der Waals surface area contributed by atoms with Gasteiger partial charge in [0.25, 0.3) is 0 Å². The van der Waals surface area contributed by atoms with Crippen molar-refractivity contribution in [3.05, 3.63) is 11.6 Å². The van der Waals surface area contributed by atoms with E-state index < -0.39 is 14.3 Å². The molecular weight excluding hydrogens is 504 g/mol. The number of carbonyl (C=O) groups excluding carboxylic acids is 2. The summed E-state index contributed by atoms with van der Waals surface area (Å²) in [6.07, 6.45) is 12.0. The second-order valence-corrected chi connectivity index (χ2v) is 19.2. The minimum atomic E-state index is -1.77. The first-order valence-electron chi connectivity index (χ1n) is 14.5. The summed E-state index contributed by atoms with van der Waals surface area (Å²) in [5, 5.41) is 0.240. The molecule has 0 aromatic rings. The van der Waals surface area contributed by atoms with Crippen molar-refractivity contribution in [3.8, 4) is 0 Å². The van der Waals surface area contributed by atoms with Crippen LogP contribution in [-0.2, 0) is 23.5 Å². The van der Waals surface area contributed by atoms with E-state index in [0.717, 1.165) is 38.5 Å². The molecule has 0 saturated heterocycles. The summed E-state index contributed by atoms with van der Waals surface area (Å²) in [6.45, 7) is 16.6. The zero-order valence-corrected chi connectivity index (χ0v) is 25.9. The number of esters is 2. The lowest BCUT2D eigenvalue weighted by Crippen LogP contribution is -2.52. The maximum atomic E-state index is 12.6. The highest BCUT2D eigenvalue weighted by Gasteiger charge is 2.60. The summed E-state index contributed by atoms with van der Waals surface area (Å²) in [5.74, 6) is 1.21. The molecule has 0 amide bonds. The Hall–Kier alpha value is -0.853. The molecule has 4 aliphatic carbocycles. The number of halogens is 1. The Morgan fingerprint density at radius 1 is 1.03 bits per heavy atom. The molecule has 5 nitrogen and oxygen atoms in total. The minimum absolute atomic E-state index is 0.0230. The lowest BCUT2D eigenvalue weighted by molar-refractivity contribution is -0.161. The van der Waals surface area contributed by atoms with Crippen LogP contribution in [0.1, 0.15) is 98.8 Å². The second-order valence-electron chi connectivity index (χ2n) is 14.2. The molecule has 0 bridgehead atoms. The number of carbonyl (C=O) groups is 2. The Balaban J connectivity index is 1.41. The summed E-state index contributed by atoms with van der Waals surface area (Å²) in [7, 11) is -1.77. The third kappa shape index (κ3) is 5.59. The number of allylic oxidation sites excluding steroid dienone is 1. The van der Waals surface area contributed by atoms with Gasteiger partial charge in [0.1, 0.15) is 6.10 Å². The molecule has 3 saturated carbocycles. The Bertz CT molecular complexity index is 910. The second kappa shape index (κ2) is 10.6. The molecule has 0 spiro atoms. The Kier molecular flexibility index (Phi) is 8.36. The average Bonchev–Trinajstić information content (AvgIpc) is 3.13. The van der Waals surface area contributed by atoms with E-state index >= 15 is 0 Å². The van der Waals surface area contributed by atoms with E-state index in [2.05, 4.69) is 53.8 Å². The van der Waals surface area contributed by atoms with E-state index in [1.54, 1.807) is 5.57 Å². The number of ether oxygens (including phenoxy) is 2. The van der Waals surface area contributed by atoms with Gasteiger partial charge in [0, 0.05) is 11.5 Å². The predicted molar refractivity (Wildman–Crippen MR) is 150 cm³/mol. The van der Waals surface area contributed by atoms with Crippen LogP contribution in [0.5, 0.6) is 0 Å². The summed E-state index contributed by atoms with van der Waals surface area (Å²) >= 11 is 5.43. The molecule has 0 radical (unpaired) electrons. The van der Waals surface area contributed by atoms with Gasteiger partial charge in [0.15, 0.2) is 14.4 Å². The maximum Gasteiger partial charge on any atom is 0.307 e. The molecule has 37 heavy (non-hydrogen) atoms. The van der Waals surface area contributed by atoms with Gasteiger partial charge in [-0.15, -0.1) is 0 Å². The van der Waals surface area contributed by atoms with Gasteiger partial charge in [-0.2, -0.15) is 0 Å². The van der Waals surface area contributed by atoms with E-state index in [0.29, 0.717) is 23.9 Å². The SMILES string of the molecule is CC(C)(C)[Si](C)(C)O[C@H]1CC[C@@]2(C)C(=CC[C@@H]3[C@@H]2CC[C@]2(C)C(OC(=O)CCC(=O)OCCl)CC[C@@H]32)C1. The van der Waals surface area contributed by atoms with Crippen molar-refractivity contribution < 1.29 is 23.5 Å². The first-order chi connectivity index (χ1) is 17.2. The van der Waals surface area contributed by atoms with Crippen molar-refractivity contribution in [2.75, 3.05) is 6.07 Å². The summed E-state index contributed by atoms with van der Waals surface area (Å²) in [6, 6.07) is -0.182. The highest BCUT2D eigenvalue weighted by Crippen LogP contribution is 2.65. The third-order valence-electron chi connectivity index (χ3n) is 11.3. The van der Waals surface area contributed by atoms with Crippen molar-refractivity contribution in [2.45, 2.75) is 129 Å². The number of hydrogen-bond donors (Lipinski definition) is 0. The molecular formula is C30H49ClO5Si. The molecule has 4 rings (SSSR count). The topological polar surface area (TPSA) is 61.8 Å². The Morgan fingerprint density at radius 2 is 1.73 bits per heavy atom. The van der Waals surface area contributed by atoms with E-state index in [1.165, 1.54) is 12.8 Å². The van der Waals surface area contributed by atoms with Crippen LogP contribution in [0, 0.1) is 28.6 Å². The molecule has 7 atom stereocenters. The first-order valence-corrected chi connectivity index (χ1v) is 17.9. The lowest BCUT2D eigenvalue weighted by Gasteiger charge is -2.58. The number of rotatable bonds is 7. The fourth-order valence-corrected chi connectivity index (χ4v) is 9.53. The van der Waals surface area contributed by atoms with Gasteiger partial charge < -0.3 is 13.9 Å². The van der Waals surface area contributed by atoms with Crippen molar-refractivity contribution in [3.63, 3.8) is 0 Å². The smallest absolute Gasteiger partial charge is 0.307 e. The fourth-order valence-electron chi connectivity index (χ4n) is 8.02. The van der Waals surface area contributed by atoms with Crippen molar-refractivity contribution in [2.24, 2.45) is 28.6 Å². The van der Waals surface area contributed by atoms with E-state index in [9.17, 15) is 9.59 Å². The van der Waals surface area contributed by atoms with Crippen LogP contribution < -0.4 is 0 Å². The third-order valence-corrected chi connectivity index (χ3v) is 15.9. The normalized spacial score (nSPS) is 37.6. The zero-order chi connectivity index (χ0) is 27.2. The highest BCUT2D eigenvalue weighted by atomic mass is 35.5. The van der Waals surface area contributed by atoms with Crippen molar-refractivity contribution in [1.29, 1.82) is 0 Å². The van der Waals surface area contributed by atoms with Gasteiger partial charge >= 0.3 is 11.9 Å². The van der Waals surface area contributed by atoms with E-state index in [1.807, 2.05) is 0 Å². The molecule has 0 heterocycles. The number of hydrogen-bond acceptors (Lipinski definition) is 5. The zero-order valence-electron chi connectivity index (χ0n) is 24.2. The Morgan fingerprint density at radius 3 is 2.41 bits per heavy atom. The molecule has 4 aliphatic rings. The summed E-state index contributed by atoms with van der Waals surface area (Å²) in [5.41, 5.74) is 1.95. The predicted octanol–water partition coefficient (Wildman–Crippen LogP) is 7.77. The average molecular weight is 553 g/mol. The van der Waals surface area contributed by atoms with Crippen LogP contribution in [0.4, 0.5) is 0 Å². The highest BCUT2D eigenvalue weighted by molar-refractivity contribution is 6.74. The van der Waals surface area contributed by atoms with Crippen LogP contribution in [0.15, 0.2) is 11.6 Å².